The second-order valence-electron chi connectivity index (χ2n) is 3.67. The summed E-state index contributed by atoms with van der Waals surface area (Å²) in [7, 11) is 0. The van der Waals surface area contributed by atoms with Gasteiger partial charge in [-0.1, -0.05) is 0 Å². The lowest BCUT2D eigenvalue weighted by atomic mass is 10.1. The van der Waals surface area contributed by atoms with Crippen LogP contribution < -0.4 is 5.32 Å². The Kier molecular flexibility index (Phi) is 3.28. The molecule has 2 amide bonds. The lowest BCUT2D eigenvalue weighted by Gasteiger charge is -2.26. The number of ketones is 1. The zero-order valence-electron chi connectivity index (χ0n) is 8.17. The fourth-order valence-electron chi connectivity index (χ4n) is 1.35. The topological polar surface area (TPSA) is 49.4 Å². The van der Waals surface area contributed by atoms with E-state index in [0.29, 0.717) is 13.0 Å². The van der Waals surface area contributed by atoms with Crippen LogP contribution in [-0.2, 0) is 4.79 Å². The van der Waals surface area contributed by atoms with E-state index in [0.717, 1.165) is 6.42 Å². The first kappa shape index (κ1) is 10.0. The molecule has 0 spiro atoms. The van der Waals surface area contributed by atoms with Gasteiger partial charge in [0.05, 0.1) is 6.54 Å². The summed E-state index contributed by atoms with van der Waals surface area (Å²) in [6, 6.07) is 0.00702. The van der Waals surface area contributed by atoms with E-state index < -0.39 is 0 Å². The molecule has 4 heteroatoms. The molecule has 0 radical (unpaired) electrons. The van der Waals surface area contributed by atoms with Crippen LogP contribution in [0, 0.1) is 0 Å². The standard InChI is InChI=1S/C9H16N2O2/c1-7(2)10-9(13)11-5-3-4-8(12)6-11/h7H,3-6H2,1-2H3,(H,10,13). The molecule has 0 aromatic heterocycles. The van der Waals surface area contributed by atoms with Crippen molar-refractivity contribution in [2.24, 2.45) is 0 Å². The molecule has 0 unspecified atom stereocenters. The van der Waals surface area contributed by atoms with Crippen LogP contribution in [0.5, 0.6) is 0 Å². The van der Waals surface area contributed by atoms with Crippen molar-refractivity contribution in [3.05, 3.63) is 0 Å². The predicted molar refractivity (Wildman–Crippen MR) is 49.5 cm³/mol. The first-order valence-corrected chi connectivity index (χ1v) is 4.66. The second kappa shape index (κ2) is 4.25. The fraction of sp³-hybridized carbons (Fsp3) is 0.778. The maximum Gasteiger partial charge on any atom is 0.317 e. The summed E-state index contributed by atoms with van der Waals surface area (Å²) < 4.78 is 0. The molecule has 0 aromatic carbocycles. The summed E-state index contributed by atoms with van der Waals surface area (Å²) in [5.74, 6) is 0.158. The van der Waals surface area contributed by atoms with Crippen LogP contribution >= 0.6 is 0 Å². The normalized spacial score (nSPS) is 17.8. The van der Waals surface area contributed by atoms with Crippen molar-refractivity contribution in [2.75, 3.05) is 13.1 Å². The number of hydrogen-bond acceptors (Lipinski definition) is 2. The number of piperidine rings is 1. The highest BCUT2D eigenvalue weighted by Crippen LogP contribution is 2.05. The molecular formula is C9H16N2O2. The van der Waals surface area contributed by atoms with E-state index >= 15 is 0 Å². The largest absolute Gasteiger partial charge is 0.336 e. The van der Waals surface area contributed by atoms with Gasteiger partial charge in [0.2, 0.25) is 0 Å². The van der Waals surface area contributed by atoms with Crippen molar-refractivity contribution in [3.63, 3.8) is 0 Å². The molecule has 1 rings (SSSR count). The SMILES string of the molecule is CC(C)NC(=O)N1CCCC(=O)C1. The molecule has 0 atom stereocenters. The number of amides is 2. The number of Topliss-reactive ketones (excluding diaryl/α,β-unsaturated/α-hetero) is 1. The highest BCUT2D eigenvalue weighted by atomic mass is 16.2. The maximum absolute atomic E-state index is 11.4. The van der Waals surface area contributed by atoms with Crippen molar-refractivity contribution in [2.45, 2.75) is 32.7 Å². The van der Waals surface area contributed by atoms with Crippen LogP contribution in [0.15, 0.2) is 0 Å². The molecule has 1 saturated heterocycles. The highest BCUT2D eigenvalue weighted by Gasteiger charge is 2.21. The number of carbonyl (C=O) groups is 2. The number of hydrogen-bond donors (Lipinski definition) is 1. The zero-order valence-corrected chi connectivity index (χ0v) is 8.17. The van der Waals surface area contributed by atoms with E-state index in [9.17, 15) is 9.59 Å². The minimum absolute atomic E-state index is 0.122. The van der Waals surface area contributed by atoms with Crippen molar-refractivity contribution in [3.8, 4) is 0 Å². The van der Waals surface area contributed by atoms with Crippen LogP contribution in [0.2, 0.25) is 0 Å². The Labute approximate surface area is 78.3 Å². The van der Waals surface area contributed by atoms with Crippen LogP contribution in [-0.4, -0.2) is 35.8 Å². The van der Waals surface area contributed by atoms with Gasteiger partial charge in [0.1, 0.15) is 0 Å². The summed E-state index contributed by atoms with van der Waals surface area (Å²) >= 11 is 0. The smallest absolute Gasteiger partial charge is 0.317 e. The Morgan fingerprint density at radius 3 is 2.77 bits per heavy atom. The Morgan fingerprint density at radius 1 is 1.54 bits per heavy atom. The Balaban J connectivity index is 2.41. The molecule has 0 bridgehead atoms. The molecule has 13 heavy (non-hydrogen) atoms. The lowest BCUT2D eigenvalue weighted by Crippen LogP contribution is -2.47. The first-order valence-electron chi connectivity index (χ1n) is 4.66. The van der Waals surface area contributed by atoms with Gasteiger partial charge in [0.25, 0.3) is 0 Å². The Bertz CT molecular complexity index is 214. The fourth-order valence-corrected chi connectivity index (χ4v) is 1.35. The third-order valence-electron chi connectivity index (χ3n) is 1.95. The van der Waals surface area contributed by atoms with Crippen LogP contribution in [0.3, 0.4) is 0 Å². The van der Waals surface area contributed by atoms with Crippen LogP contribution in [0.4, 0.5) is 4.79 Å². The lowest BCUT2D eigenvalue weighted by molar-refractivity contribution is -0.121. The molecule has 74 valence electrons. The molecular weight excluding hydrogens is 168 g/mol. The summed E-state index contributed by atoms with van der Waals surface area (Å²) in [5, 5.41) is 2.77. The Hall–Kier alpha value is -1.06. The third-order valence-corrected chi connectivity index (χ3v) is 1.95. The van der Waals surface area contributed by atoms with Crippen LogP contribution in [0.25, 0.3) is 0 Å². The van der Waals surface area contributed by atoms with Gasteiger partial charge in [-0.2, -0.15) is 0 Å². The van der Waals surface area contributed by atoms with Gasteiger partial charge in [-0.25, -0.2) is 4.79 Å². The van der Waals surface area contributed by atoms with Crippen LogP contribution in [0.1, 0.15) is 26.7 Å². The van der Waals surface area contributed by atoms with E-state index in [-0.39, 0.29) is 24.4 Å². The van der Waals surface area contributed by atoms with E-state index in [1.165, 1.54) is 0 Å². The number of nitrogens with zero attached hydrogens (tertiary/aromatic N) is 1. The van der Waals surface area contributed by atoms with Crippen molar-refractivity contribution < 1.29 is 9.59 Å². The van der Waals surface area contributed by atoms with Crippen molar-refractivity contribution in [1.82, 2.24) is 10.2 Å². The molecule has 1 aliphatic rings. The minimum atomic E-state index is -0.122. The maximum atomic E-state index is 11.4. The number of urea groups is 1. The molecule has 0 saturated carbocycles. The van der Waals surface area contributed by atoms with Gasteiger partial charge in [0, 0.05) is 19.0 Å². The average molecular weight is 184 g/mol. The average Bonchev–Trinajstić information content (AvgIpc) is 2.03. The summed E-state index contributed by atoms with van der Waals surface area (Å²) in [5.41, 5.74) is 0. The van der Waals surface area contributed by atoms with E-state index in [4.69, 9.17) is 0 Å². The minimum Gasteiger partial charge on any atom is -0.336 e. The summed E-state index contributed by atoms with van der Waals surface area (Å²) in [4.78, 5) is 24.0. The van der Waals surface area contributed by atoms with E-state index in [1.807, 2.05) is 13.8 Å². The quantitative estimate of drug-likeness (QED) is 0.654. The molecule has 4 nitrogen and oxygen atoms in total. The molecule has 0 aromatic rings. The summed E-state index contributed by atoms with van der Waals surface area (Å²) in [6.45, 7) is 4.79. The molecule has 1 N–H and O–H groups in total. The van der Waals surface area contributed by atoms with Crippen molar-refractivity contribution >= 4 is 11.8 Å². The second-order valence-corrected chi connectivity index (χ2v) is 3.67. The highest BCUT2D eigenvalue weighted by molar-refractivity contribution is 5.86. The zero-order chi connectivity index (χ0) is 9.84. The Morgan fingerprint density at radius 2 is 2.23 bits per heavy atom. The molecule has 1 aliphatic heterocycles. The predicted octanol–water partition coefficient (Wildman–Crippen LogP) is 0.769. The molecule has 1 fully saturated rings. The molecule has 0 aliphatic carbocycles. The number of likely N-dealkylation sites (tertiary alicyclic amines) is 1. The van der Waals surface area contributed by atoms with Gasteiger partial charge in [0.15, 0.2) is 5.78 Å². The summed E-state index contributed by atoms with van der Waals surface area (Å²) in [6.07, 6.45) is 1.41. The van der Waals surface area contributed by atoms with Gasteiger partial charge in [-0.15, -0.1) is 0 Å². The monoisotopic (exact) mass is 184 g/mol. The molecule has 1 heterocycles. The van der Waals surface area contributed by atoms with E-state index in [2.05, 4.69) is 5.32 Å². The third kappa shape index (κ3) is 3.05. The van der Waals surface area contributed by atoms with Gasteiger partial charge in [-0.3, -0.25) is 4.79 Å². The van der Waals surface area contributed by atoms with Gasteiger partial charge in [-0.05, 0) is 20.3 Å². The number of carbonyl (C=O) groups excluding carboxylic acids is 2. The van der Waals surface area contributed by atoms with Gasteiger partial charge >= 0.3 is 6.03 Å². The number of rotatable bonds is 1. The van der Waals surface area contributed by atoms with Crippen molar-refractivity contribution in [1.29, 1.82) is 0 Å². The first-order chi connectivity index (χ1) is 6.09. The van der Waals surface area contributed by atoms with E-state index in [1.54, 1.807) is 4.90 Å². The van der Waals surface area contributed by atoms with Gasteiger partial charge < -0.3 is 10.2 Å². The number of nitrogens with one attached hydrogen (secondary N) is 1.